The number of likely N-dealkylation sites (tertiary alicyclic amines) is 1. The van der Waals surface area contributed by atoms with Gasteiger partial charge in [-0.15, -0.1) is 0 Å². The van der Waals surface area contributed by atoms with Gasteiger partial charge in [0, 0.05) is 25.7 Å². The van der Waals surface area contributed by atoms with Gasteiger partial charge in [0.05, 0.1) is 0 Å². The Kier molecular flexibility index (Phi) is 5.94. The number of carbonyl (C=O) groups is 2. The summed E-state index contributed by atoms with van der Waals surface area (Å²) in [6, 6.07) is 0.0898. The second-order valence-electron chi connectivity index (χ2n) is 8.29. The highest BCUT2D eigenvalue weighted by molar-refractivity contribution is 5.69. The molecule has 0 saturated carbocycles. The average Bonchev–Trinajstić information content (AvgIpc) is 2.33. The molecule has 1 fully saturated rings. The number of ether oxygens (including phenoxy) is 2. The van der Waals surface area contributed by atoms with E-state index in [-0.39, 0.29) is 24.3 Å². The zero-order chi connectivity index (χ0) is 18.0. The minimum absolute atomic E-state index is 0.0217. The predicted octanol–water partition coefficient (Wildman–Crippen LogP) is 3.64. The molecule has 0 spiro atoms. The molecule has 134 valence electrons. The third-order valence-corrected chi connectivity index (χ3v) is 3.71. The van der Waals surface area contributed by atoms with Gasteiger partial charge in [-0.05, 0) is 61.3 Å². The largest absolute Gasteiger partial charge is 0.444 e. The molecule has 6 heteroatoms. The van der Waals surface area contributed by atoms with Gasteiger partial charge in [0.15, 0.2) is 0 Å². The van der Waals surface area contributed by atoms with E-state index in [9.17, 15) is 9.59 Å². The van der Waals surface area contributed by atoms with Crippen LogP contribution in [0.1, 0.15) is 61.3 Å². The lowest BCUT2D eigenvalue weighted by Crippen LogP contribution is -2.52. The zero-order valence-corrected chi connectivity index (χ0v) is 15.8. The first-order valence-electron chi connectivity index (χ1n) is 8.25. The van der Waals surface area contributed by atoms with Crippen molar-refractivity contribution in [2.24, 2.45) is 0 Å². The molecule has 23 heavy (non-hydrogen) atoms. The van der Waals surface area contributed by atoms with E-state index in [0.29, 0.717) is 6.54 Å². The molecular weight excluding hydrogens is 296 g/mol. The molecule has 2 amide bonds. The fourth-order valence-electron chi connectivity index (χ4n) is 2.57. The lowest BCUT2D eigenvalue weighted by molar-refractivity contribution is -0.00474. The van der Waals surface area contributed by atoms with Crippen LogP contribution in [0.2, 0.25) is 0 Å². The summed E-state index contributed by atoms with van der Waals surface area (Å²) in [6.07, 6.45) is 0.831. The molecule has 1 aliphatic heterocycles. The molecule has 2 unspecified atom stereocenters. The number of nitrogens with zero attached hydrogens (tertiary/aromatic N) is 2. The maximum absolute atomic E-state index is 12.2. The Bertz CT molecular complexity index is 437. The van der Waals surface area contributed by atoms with Gasteiger partial charge in [0.25, 0.3) is 0 Å². The summed E-state index contributed by atoms with van der Waals surface area (Å²) < 4.78 is 10.8. The van der Waals surface area contributed by atoms with Crippen molar-refractivity contribution in [1.29, 1.82) is 0 Å². The Balaban J connectivity index is 2.61. The number of carbonyl (C=O) groups excluding carboxylic acids is 2. The summed E-state index contributed by atoms with van der Waals surface area (Å²) in [4.78, 5) is 27.8. The highest BCUT2D eigenvalue weighted by Crippen LogP contribution is 2.24. The molecule has 0 aromatic heterocycles. The number of amides is 2. The van der Waals surface area contributed by atoms with E-state index >= 15 is 0 Å². The quantitative estimate of drug-likeness (QED) is 0.737. The van der Waals surface area contributed by atoms with Crippen molar-refractivity contribution < 1.29 is 19.1 Å². The van der Waals surface area contributed by atoms with Gasteiger partial charge < -0.3 is 19.3 Å². The van der Waals surface area contributed by atoms with Gasteiger partial charge in [-0.2, -0.15) is 0 Å². The Morgan fingerprint density at radius 1 is 1.04 bits per heavy atom. The van der Waals surface area contributed by atoms with Crippen LogP contribution >= 0.6 is 0 Å². The van der Waals surface area contributed by atoms with Crippen LogP contribution < -0.4 is 0 Å². The lowest BCUT2D eigenvalue weighted by Gasteiger charge is -2.41. The van der Waals surface area contributed by atoms with Crippen molar-refractivity contribution in [1.82, 2.24) is 9.80 Å². The van der Waals surface area contributed by atoms with Crippen LogP contribution in [-0.4, -0.2) is 58.9 Å². The van der Waals surface area contributed by atoms with Crippen molar-refractivity contribution in [2.75, 3.05) is 13.6 Å². The first-order chi connectivity index (χ1) is 10.3. The van der Waals surface area contributed by atoms with E-state index in [0.717, 1.165) is 12.8 Å². The minimum atomic E-state index is -0.506. The Morgan fingerprint density at radius 2 is 1.57 bits per heavy atom. The summed E-state index contributed by atoms with van der Waals surface area (Å²) >= 11 is 0. The number of piperidine rings is 1. The Labute approximate surface area is 140 Å². The molecule has 0 aromatic rings. The molecule has 1 aliphatic rings. The second kappa shape index (κ2) is 6.97. The van der Waals surface area contributed by atoms with Crippen LogP contribution in [0.3, 0.4) is 0 Å². The number of hydrogen-bond donors (Lipinski definition) is 0. The SMILES string of the molecule is CC1CC(N(C)C(=O)OC(C)(C)C)CCN1C(=O)OC(C)(C)C. The molecule has 1 heterocycles. The zero-order valence-electron chi connectivity index (χ0n) is 15.8. The van der Waals surface area contributed by atoms with Gasteiger partial charge in [-0.25, -0.2) is 9.59 Å². The van der Waals surface area contributed by atoms with Gasteiger partial charge in [0.1, 0.15) is 11.2 Å². The first-order valence-corrected chi connectivity index (χ1v) is 8.25. The molecule has 0 aliphatic carbocycles. The van der Waals surface area contributed by atoms with E-state index < -0.39 is 11.2 Å². The predicted molar refractivity (Wildman–Crippen MR) is 89.4 cm³/mol. The van der Waals surface area contributed by atoms with Gasteiger partial charge in [-0.1, -0.05) is 0 Å². The standard InChI is InChI=1S/C17H32N2O4/c1-12-11-13(18(8)14(20)22-16(2,3)4)9-10-19(12)15(21)23-17(5,6)7/h12-13H,9-11H2,1-8H3. The van der Waals surface area contributed by atoms with Crippen LogP contribution in [0.4, 0.5) is 9.59 Å². The normalized spacial score (nSPS) is 22.5. The van der Waals surface area contributed by atoms with E-state index in [2.05, 4.69) is 0 Å². The molecule has 1 saturated heterocycles. The highest BCUT2D eigenvalue weighted by Gasteiger charge is 2.35. The fraction of sp³-hybridized carbons (Fsp3) is 0.882. The van der Waals surface area contributed by atoms with E-state index in [1.54, 1.807) is 16.8 Å². The maximum atomic E-state index is 12.2. The number of rotatable bonds is 1. The molecule has 0 aromatic carbocycles. The third-order valence-electron chi connectivity index (χ3n) is 3.71. The van der Waals surface area contributed by atoms with Gasteiger partial charge in [-0.3, -0.25) is 0 Å². The molecule has 1 rings (SSSR count). The fourth-order valence-corrected chi connectivity index (χ4v) is 2.57. The van der Waals surface area contributed by atoms with Crippen molar-refractivity contribution in [3.05, 3.63) is 0 Å². The summed E-state index contributed by atoms with van der Waals surface area (Å²) in [5.41, 5.74) is -1.00. The summed E-state index contributed by atoms with van der Waals surface area (Å²) in [5, 5.41) is 0. The average molecular weight is 328 g/mol. The molecule has 2 atom stereocenters. The van der Waals surface area contributed by atoms with Crippen LogP contribution in [0.25, 0.3) is 0 Å². The monoisotopic (exact) mass is 328 g/mol. The minimum Gasteiger partial charge on any atom is -0.444 e. The first kappa shape index (κ1) is 19.6. The molecule has 0 radical (unpaired) electrons. The number of hydrogen-bond acceptors (Lipinski definition) is 4. The smallest absolute Gasteiger partial charge is 0.410 e. The van der Waals surface area contributed by atoms with E-state index in [4.69, 9.17) is 9.47 Å². The van der Waals surface area contributed by atoms with Crippen LogP contribution in [0.5, 0.6) is 0 Å². The van der Waals surface area contributed by atoms with Crippen molar-refractivity contribution in [3.8, 4) is 0 Å². The molecule has 0 bridgehead atoms. The van der Waals surface area contributed by atoms with Gasteiger partial charge >= 0.3 is 12.2 Å². The van der Waals surface area contributed by atoms with Crippen LogP contribution in [0, 0.1) is 0 Å². The molecular formula is C17H32N2O4. The topological polar surface area (TPSA) is 59.1 Å². The van der Waals surface area contributed by atoms with E-state index in [1.165, 1.54) is 0 Å². The van der Waals surface area contributed by atoms with Crippen molar-refractivity contribution >= 4 is 12.2 Å². The highest BCUT2D eigenvalue weighted by atomic mass is 16.6. The lowest BCUT2D eigenvalue weighted by atomic mass is 9.98. The molecule has 0 N–H and O–H groups in total. The second-order valence-corrected chi connectivity index (χ2v) is 8.29. The van der Waals surface area contributed by atoms with Crippen molar-refractivity contribution in [2.45, 2.75) is 84.6 Å². The Morgan fingerprint density at radius 3 is 2.00 bits per heavy atom. The summed E-state index contributed by atoms with van der Waals surface area (Å²) in [7, 11) is 1.76. The van der Waals surface area contributed by atoms with Crippen LogP contribution in [0.15, 0.2) is 0 Å². The third kappa shape index (κ3) is 6.28. The summed E-state index contributed by atoms with van der Waals surface area (Å²) in [5.74, 6) is 0. The van der Waals surface area contributed by atoms with Crippen molar-refractivity contribution in [3.63, 3.8) is 0 Å². The van der Waals surface area contributed by atoms with E-state index in [1.807, 2.05) is 48.5 Å². The summed E-state index contributed by atoms with van der Waals surface area (Å²) in [6.45, 7) is 13.7. The Hall–Kier alpha value is -1.46. The maximum Gasteiger partial charge on any atom is 0.410 e. The van der Waals surface area contributed by atoms with Gasteiger partial charge in [0.2, 0.25) is 0 Å². The molecule has 6 nitrogen and oxygen atoms in total. The van der Waals surface area contributed by atoms with Crippen LogP contribution in [-0.2, 0) is 9.47 Å².